The van der Waals surface area contributed by atoms with E-state index in [0.717, 1.165) is 25.4 Å². The number of ether oxygens (including phenoxy) is 1. The molecule has 1 aromatic rings. The smallest absolute Gasteiger partial charge is 0.379 e. The quantitative estimate of drug-likeness (QED) is 0.904. The summed E-state index contributed by atoms with van der Waals surface area (Å²) in [6.07, 6.45) is -1.66. The van der Waals surface area contributed by atoms with Gasteiger partial charge in [0.15, 0.2) is 0 Å². The normalized spacial score (nSPS) is 25.3. The lowest BCUT2D eigenvalue weighted by Gasteiger charge is -2.32. The molecule has 1 aromatic heterocycles. The summed E-state index contributed by atoms with van der Waals surface area (Å²) in [6.45, 7) is 3.75. The van der Waals surface area contributed by atoms with E-state index < -0.39 is 11.7 Å². The molecule has 1 N–H and O–H groups in total. The molecule has 2 heterocycles. The van der Waals surface area contributed by atoms with Crippen molar-refractivity contribution in [3.8, 4) is 0 Å². The van der Waals surface area contributed by atoms with Gasteiger partial charge in [-0.25, -0.2) is 0 Å². The molecule has 1 fully saturated rings. The first-order chi connectivity index (χ1) is 8.52. The topological polar surface area (TPSA) is 39.1 Å². The molecule has 4 nitrogen and oxygen atoms in total. The lowest BCUT2D eigenvalue weighted by molar-refractivity contribution is -0.137. The molecule has 0 amide bonds. The molecule has 0 aromatic carbocycles. The number of halogens is 3. The van der Waals surface area contributed by atoms with Gasteiger partial charge in [0, 0.05) is 18.8 Å². The van der Waals surface area contributed by atoms with Crippen LogP contribution in [0.3, 0.4) is 0 Å². The van der Waals surface area contributed by atoms with Crippen molar-refractivity contribution in [1.82, 2.24) is 15.1 Å². The number of alkyl halides is 3. The van der Waals surface area contributed by atoms with Crippen molar-refractivity contribution >= 4 is 0 Å². The lowest BCUT2D eigenvalue weighted by Crippen LogP contribution is -2.44. The summed E-state index contributed by atoms with van der Waals surface area (Å²) in [5, 5.41) is 7.07. The highest BCUT2D eigenvalue weighted by Crippen LogP contribution is 2.30. The average Bonchev–Trinajstić information content (AvgIpc) is 2.79. The summed E-state index contributed by atoms with van der Waals surface area (Å²) in [4.78, 5) is 0. The second-order valence-electron chi connectivity index (χ2n) is 4.30. The van der Waals surface area contributed by atoms with Crippen LogP contribution in [0, 0.1) is 0 Å². The van der Waals surface area contributed by atoms with E-state index in [1.807, 2.05) is 6.92 Å². The molecule has 0 saturated carbocycles. The molecule has 1 saturated heterocycles. The largest absolute Gasteiger partial charge is 0.419 e. The molecule has 0 bridgehead atoms. The van der Waals surface area contributed by atoms with Crippen LogP contribution in [0.2, 0.25) is 0 Å². The predicted octanol–water partition coefficient (Wildman–Crippen LogP) is 1.84. The van der Waals surface area contributed by atoms with Crippen LogP contribution in [0.4, 0.5) is 13.2 Å². The number of nitrogens with zero attached hydrogens (tertiary/aromatic N) is 2. The molecule has 2 rings (SSSR count). The molecule has 1 aliphatic rings. The Bertz CT molecular complexity index is 389. The molecule has 102 valence electrons. The Labute approximate surface area is 103 Å². The van der Waals surface area contributed by atoms with E-state index in [0.29, 0.717) is 13.2 Å². The first-order valence-electron chi connectivity index (χ1n) is 5.95. The summed E-state index contributed by atoms with van der Waals surface area (Å²) >= 11 is 0. The Hall–Kier alpha value is -1.08. The van der Waals surface area contributed by atoms with Gasteiger partial charge in [0.2, 0.25) is 0 Å². The SMILES string of the molecule is CCNC1CCOCC1n1cc(C(F)(F)F)cn1. The van der Waals surface area contributed by atoms with E-state index in [1.54, 1.807) is 0 Å². The molecule has 0 radical (unpaired) electrons. The number of rotatable bonds is 3. The van der Waals surface area contributed by atoms with Crippen LogP contribution >= 0.6 is 0 Å². The third-order valence-electron chi connectivity index (χ3n) is 3.06. The van der Waals surface area contributed by atoms with Crippen molar-refractivity contribution in [3.63, 3.8) is 0 Å². The summed E-state index contributed by atoms with van der Waals surface area (Å²) in [7, 11) is 0. The fourth-order valence-electron chi connectivity index (χ4n) is 2.15. The zero-order valence-corrected chi connectivity index (χ0v) is 10.1. The van der Waals surface area contributed by atoms with E-state index in [2.05, 4.69) is 10.4 Å². The molecule has 18 heavy (non-hydrogen) atoms. The molecular weight excluding hydrogens is 247 g/mol. The van der Waals surface area contributed by atoms with Crippen molar-refractivity contribution in [2.75, 3.05) is 19.8 Å². The number of likely N-dealkylation sites (N-methyl/N-ethyl adjacent to an activating group) is 1. The molecule has 7 heteroatoms. The van der Waals surface area contributed by atoms with Crippen molar-refractivity contribution in [1.29, 1.82) is 0 Å². The second-order valence-corrected chi connectivity index (χ2v) is 4.30. The van der Waals surface area contributed by atoms with Gasteiger partial charge >= 0.3 is 6.18 Å². The Morgan fingerprint density at radius 3 is 2.94 bits per heavy atom. The summed E-state index contributed by atoms with van der Waals surface area (Å²) < 4.78 is 44.2. The number of hydrogen-bond donors (Lipinski definition) is 1. The maximum atomic E-state index is 12.5. The van der Waals surface area contributed by atoms with Crippen molar-refractivity contribution in [2.45, 2.75) is 31.6 Å². The fraction of sp³-hybridized carbons (Fsp3) is 0.727. The third-order valence-corrected chi connectivity index (χ3v) is 3.06. The Balaban J connectivity index is 2.15. The van der Waals surface area contributed by atoms with Crippen molar-refractivity contribution in [3.05, 3.63) is 18.0 Å². The summed E-state index contributed by atoms with van der Waals surface area (Å²) in [5.41, 5.74) is -0.719. The maximum absolute atomic E-state index is 12.5. The Morgan fingerprint density at radius 1 is 1.56 bits per heavy atom. The monoisotopic (exact) mass is 263 g/mol. The van der Waals surface area contributed by atoms with Gasteiger partial charge in [-0.2, -0.15) is 18.3 Å². The highest BCUT2D eigenvalue weighted by Gasteiger charge is 2.34. The van der Waals surface area contributed by atoms with Gasteiger partial charge in [0.05, 0.1) is 24.4 Å². The Morgan fingerprint density at radius 2 is 2.33 bits per heavy atom. The predicted molar refractivity (Wildman–Crippen MR) is 59.2 cm³/mol. The fourth-order valence-corrected chi connectivity index (χ4v) is 2.15. The van der Waals surface area contributed by atoms with Crippen LogP contribution in [0.15, 0.2) is 12.4 Å². The highest BCUT2D eigenvalue weighted by atomic mass is 19.4. The maximum Gasteiger partial charge on any atom is 0.419 e. The van der Waals surface area contributed by atoms with Gasteiger partial charge in [0.1, 0.15) is 0 Å². The van der Waals surface area contributed by atoms with E-state index in [4.69, 9.17) is 4.74 Å². The molecule has 2 atom stereocenters. The zero-order valence-electron chi connectivity index (χ0n) is 10.1. The van der Waals surface area contributed by atoms with Crippen LogP contribution in [-0.4, -0.2) is 35.6 Å². The number of hydrogen-bond acceptors (Lipinski definition) is 3. The van der Waals surface area contributed by atoms with Crippen LogP contribution < -0.4 is 5.32 Å². The molecular formula is C11H16F3N3O. The van der Waals surface area contributed by atoms with Gasteiger partial charge in [-0.05, 0) is 13.0 Å². The van der Waals surface area contributed by atoms with Crippen molar-refractivity contribution < 1.29 is 17.9 Å². The molecule has 1 aliphatic heterocycles. The van der Waals surface area contributed by atoms with Gasteiger partial charge in [0.25, 0.3) is 0 Å². The summed E-state index contributed by atoms with van der Waals surface area (Å²) in [6, 6.07) is -0.0838. The minimum absolute atomic E-state index is 0.102. The number of aromatic nitrogens is 2. The zero-order chi connectivity index (χ0) is 13.2. The lowest BCUT2D eigenvalue weighted by atomic mass is 10.0. The minimum Gasteiger partial charge on any atom is -0.379 e. The van der Waals surface area contributed by atoms with E-state index >= 15 is 0 Å². The van der Waals surface area contributed by atoms with Crippen LogP contribution in [-0.2, 0) is 10.9 Å². The van der Waals surface area contributed by atoms with Gasteiger partial charge in [-0.1, -0.05) is 6.92 Å². The van der Waals surface area contributed by atoms with Crippen molar-refractivity contribution in [2.24, 2.45) is 0 Å². The molecule has 2 unspecified atom stereocenters. The minimum atomic E-state index is -4.35. The van der Waals surface area contributed by atoms with Crippen LogP contribution in [0.5, 0.6) is 0 Å². The van der Waals surface area contributed by atoms with Gasteiger partial charge in [-0.15, -0.1) is 0 Å². The standard InChI is InChI=1S/C11H16F3N3O/c1-2-15-9-3-4-18-7-10(9)17-6-8(5-16-17)11(12,13)14/h5-6,9-10,15H,2-4,7H2,1H3. The van der Waals surface area contributed by atoms with Gasteiger partial charge < -0.3 is 10.1 Å². The van der Waals surface area contributed by atoms with E-state index in [1.165, 1.54) is 4.68 Å². The Kier molecular flexibility index (Phi) is 3.91. The van der Waals surface area contributed by atoms with E-state index in [9.17, 15) is 13.2 Å². The summed E-state index contributed by atoms with van der Waals surface area (Å²) in [5.74, 6) is 0. The van der Waals surface area contributed by atoms with E-state index in [-0.39, 0.29) is 12.1 Å². The molecule has 0 spiro atoms. The van der Waals surface area contributed by atoms with Crippen LogP contribution in [0.25, 0.3) is 0 Å². The third kappa shape index (κ3) is 2.84. The second kappa shape index (κ2) is 5.27. The average molecular weight is 263 g/mol. The van der Waals surface area contributed by atoms with Crippen LogP contribution in [0.1, 0.15) is 24.9 Å². The first-order valence-corrected chi connectivity index (χ1v) is 5.95. The first kappa shape index (κ1) is 13.4. The highest BCUT2D eigenvalue weighted by molar-refractivity contribution is 5.09. The van der Waals surface area contributed by atoms with Gasteiger partial charge in [-0.3, -0.25) is 4.68 Å². The molecule has 0 aliphatic carbocycles. The number of nitrogens with one attached hydrogen (secondary N) is 1.